The number of fused-ring (bicyclic) bond motifs is 1. The number of azo groups is 1. The van der Waals surface area contributed by atoms with E-state index in [1.165, 1.54) is 19.3 Å². The first-order valence-corrected chi connectivity index (χ1v) is 11.8. The van der Waals surface area contributed by atoms with E-state index >= 15 is 0 Å². The van der Waals surface area contributed by atoms with E-state index in [-0.39, 0.29) is 5.91 Å². The van der Waals surface area contributed by atoms with Crippen LogP contribution in [-0.2, 0) is 11.2 Å². The van der Waals surface area contributed by atoms with Crippen molar-refractivity contribution in [3.63, 3.8) is 0 Å². The summed E-state index contributed by atoms with van der Waals surface area (Å²) < 4.78 is 5.22. The minimum Gasteiger partial charge on any atom is -0.497 e. The highest BCUT2D eigenvalue weighted by molar-refractivity contribution is 6.36. The number of benzene rings is 2. The van der Waals surface area contributed by atoms with Gasteiger partial charge >= 0.3 is 0 Å². The molecule has 1 aliphatic heterocycles. The molecule has 2 aromatic rings. The molecular weight excluding hydrogens is 447 g/mol. The van der Waals surface area contributed by atoms with Gasteiger partial charge in [0, 0.05) is 18.1 Å². The minimum atomic E-state index is -0.621. The van der Waals surface area contributed by atoms with Crippen molar-refractivity contribution in [2.24, 2.45) is 22.1 Å². The van der Waals surface area contributed by atoms with Gasteiger partial charge in [0.1, 0.15) is 11.4 Å². The van der Waals surface area contributed by atoms with Crippen molar-refractivity contribution in [2.75, 3.05) is 20.2 Å². The van der Waals surface area contributed by atoms with Crippen LogP contribution in [0.1, 0.15) is 31.2 Å². The van der Waals surface area contributed by atoms with E-state index in [0.29, 0.717) is 40.4 Å². The number of hydrazine groups is 1. The van der Waals surface area contributed by atoms with Crippen LogP contribution in [-0.4, -0.2) is 37.2 Å². The lowest BCUT2D eigenvalue weighted by Gasteiger charge is -2.20. The fraction of sp³-hybridized carbons (Fsp3) is 0.458. The van der Waals surface area contributed by atoms with Gasteiger partial charge in [-0.05, 0) is 73.4 Å². The van der Waals surface area contributed by atoms with Gasteiger partial charge in [-0.15, -0.1) is 0 Å². The smallest absolute Gasteiger partial charge is 0.261 e. The quantitative estimate of drug-likeness (QED) is 0.487. The van der Waals surface area contributed by atoms with Gasteiger partial charge in [-0.3, -0.25) is 10.2 Å². The molecule has 1 amide bonds. The Balaban J connectivity index is 1.44. The third-order valence-electron chi connectivity index (χ3n) is 6.38. The molecule has 1 aliphatic carbocycles. The fourth-order valence-electron chi connectivity index (χ4n) is 4.59. The first-order valence-electron chi connectivity index (χ1n) is 11.1. The summed E-state index contributed by atoms with van der Waals surface area (Å²) in [7, 11) is 1.64. The zero-order chi connectivity index (χ0) is 22.5. The Bertz CT molecular complexity index is 955. The molecule has 2 aromatic carbocycles. The third-order valence-corrected chi connectivity index (χ3v) is 6.92. The largest absolute Gasteiger partial charge is 0.497 e. The zero-order valence-corrected chi connectivity index (χ0v) is 19.6. The predicted octanol–water partition coefficient (Wildman–Crippen LogP) is 5.85. The molecule has 0 aromatic heterocycles. The SMILES string of the molecule is COc1ccc(CCC(N=Nc2ccc(Cl)cc2Cl)C(=O)NN2CC3CCCC3C2)cc1. The van der Waals surface area contributed by atoms with Crippen molar-refractivity contribution in [2.45, 2.75) is 38.1 Å². The lowest BCUT2D eigenvalue weighted by atomic mass is 10.0. The summed E-state index contributed by atoms with van der Waals surface area (Å²) in [6.45, 7) is 1.84. The van der Waals surface area contributed by atoms with Crippen LogP contribution in [0, 0.1) is 11.8 Å². The number of rotatable bonds is 8. The topological polar surface area (TPSA) is 66.3 Å². The first-order chi connectivity index (χ1) is 15.5. The summed E-state index contributed by atoms with van der Waals surface area (Å²) in [6, 6.07) is 12.2. The highest BCUT2D eigenvalue weighted by Crippen LogP contribution is 2.37. The molecule has 32 heavy (non-hydrogen) atoms. The van der Waals surface area contributed by atoms with Gasteiger partial charge < -0.3 is 4.74 Å². The molecule has 2 aliphatic rings. The Morgan fingerprint density at radius 1 is 1.16 bits per heavy atom. The molecule has 3 atom stereocenters. The minimum absolute atomic E-state index is 0.132. The molecule has 170 valence electrons. The van der Waals surface area contributed by atoms with Crippen LogP contribution in [0.25, 0.3) is 0 Å². The molecule has 8 heteroatoms. The summed E-state index contributed by atoms with van der Waals surface area (Å²) in [4.78, 5) is 13.1. The highest BCUT2D eigenvalue weighted by Gasteiger charge is 2.37. The Hall–Kier alpha value is -2.15. The molecule has 3 unspecified atom stereocenters. The second-order valence-electron chi connectivity index (χ2n) is 8.55. The van der Waals surface area contributed by atoms with Crippen molar-refractivity contribution in [1.29, 1.82) is 0 Å². The molecule has 2 fully saturated rings. The van der Waals surface area contributed by atoms with Crippen molar-refractivity contribution in [3.05, 3.63) is 58.1 Å². The van der Waals surface area contributed by atoms with Crippen LogP contribution in [0.2, 0.25) is 10.0 Å². The first kappa shape index (κ1) is 23.0. The summed E-state index contributed by atoms with van der Waals surface area (Å²) >= 11 is 12.2. The molecule has 6 nitrogen and oxygen atoms in total. The van der Waals surface area contributed by atoms with Gasteiger partial charge in [-0.25, -0.2) is 5.01 Å². The second kappa shape index (κ2) is 10.6. The van der Waals surface area contributed by atoms with E-state index in [2.05, 4.69) is 20.7 Å². The lowest BCUT2D eigenvalue weighted by Crippen LogP contribution is -2.45. The lowest BCUT2D eigenvalue weighted by molar-refractivity contribution is -0.127. The standard InChI is InChI=1S/C24H28Cl2N4O2/c1-32-20-9-5-16(6-10-20)7-11-23(28-27-22-12-8-19(25)13-21(22)26)24(31)29-30-14-17-3-2-4-18(17)15-30/h5-6,8-10,12-13,17-18,23H,2-4,7,11,14-15H2,1H3,(H,29,31). The maximum absolute atomic E-state index is 13.1. The average Bonchev–Trinajstić information content (AvgIpc) is 3.37. The summed E-state index contributed by atoms with van der Waals surface area (Å²) in [5.41, 5.74) is 4.69. The number of halogens is 2. The highest BCUT2D eigenvalue weighted by atomic mass is 35.5. The van der Waals surface area contributed by atoms with Crippen LogP contribution >= 0.6 is 23.2 Å². The summed E-state index contributed by atoms with van der Waals surface area (Å²) in [5, 5.41) is 11.6. The molecule has 1 N–H and O–H groups in total. The molecular formula is C24H28Cl2N4O2. The maximum atomic E-state index is 13.1. The number of carbonyl (C=O) groups is 1. The van der Waals surface area contributed by atoms with E-state index in [1.54, 1.807) is 25.3 Å². The van der Waals surface area contributed by atoms with Gasteiger partial charge in [-0.1, -0.05) is 41.8 Å². The normalized spacial score (nSPS) is 21.6. The molecule has 1 saturated heterocycles. The third kappa shape index (κ3) is 5.80. The van der Waals surface area contributed by atoms with Gasteiger partial charge in [0.05, 0.1) is 12.1 Å². The number of carbonyl (C=O) groups excluding carboxylic acids is 1. The maximum Gasteiger partial charge on any atom is 0.261 e. The van der Waals surface area contributed by atoms with Crippen LogP contribution in [0.4, 0.5) is 5.69 Å². The summed E-state index contributed by atoms with van der Waals surface area (Å²) in [6.07, 6.45) is 5.05. The fourth-order valence-corrected chi connectivity index (χ4v) is 5.03. The van der Waals surface area contributed by atoms with E-state index in [1.807, 2.05) is 24.3 Å². The number of amides is 1. The van der Waals surface area contributed by atoms with Gasteiger partial charge in [0.15, 0.2) is 6.04 Å². The van der Waals surface area contributed by atoms with E-state index in [4.69, 9.17) is 27.9 Å². The Labute approximate surface area is 198 Å². The number of ether oxygens (including phenoxy) is 1. The van der Waals surface area contributed by atoms with Gasteiger partial charge in [0.25, 0.3) is 5.91 Å². The van der Waals surface area contributed by atoms with Crippen molar-refractivity contribution in [1.82, 2.24) is 10.4 Å². The molecule has 0 radical (unpaired) electrons. The number of methoxy groups -OCH3 is 1. The van der Waals surface area contributed by atoms with Crippen molar-refractivity contribution >= 4 is 34.8 Å². The number of hydrogen-bond acceptors (Lipinski definition) is 5. The monoisotopic (exact) mass is 474 g/mol. The molecule has 0 bridgehead atoms. The van der Waals surface area contributed by atoms with E-state index in [9.17, 15) is 4.79 Å². The average molecular weight is 475 g/mol. The molecule has 1 saturated carbocycles. The predicted molar refractivity (Wildman–Crippen MR) is 127 cm³/mol. The Morgan fingerprint density at radius 3 is 2.53 bits per heavy atom. The van der Waals surface area contributed by atoms with Crippen LogP contribution in [0.5, 0.6) is 5.75 Å². The Kier molecular flexibility index (Phi) is 7.66. The second-order valence-corrected chi connectivity index (χ2v) is 9.39. The Morgan fingerprint density at radius 2 is 1.88 bits per heavy atom. The van der Waals surface area contributed by atoms with E-state index < -0.39 is 6.04 Å². The summed E-state index contributed by atoms with van der Waals surface area (Å²) in [5.74, 6) is 2.07. The zero-order valence-electron chi connectivity index (χ0n) is 18.1. The number of hydrogen-bond donors (Lipinski definition) is 1. The molecule has 0 spiro atoms. The van der Waals surface area contributed by atoms with Crippen molar-refractivity contribution in [3.8, 4) is 5.75 Å². The number of nitrogens with one attached hydrogen (secondary N) is 1. The van der Waals surface area contributed by atoms with Crippen LogP contribution < -0.4 is 10.2 Å². The van der Waals surface area contributed by atoms with Crippen LogP contribution in [0.3, 0.4) is 0 Å². The molecule has 1 heterocycles. The van der Waals surface area contributed by atoms with Gasteiger partial charge in [0.2, 0.25) is 0 Å². The number of aryl methyl sites for hydroxylation is 1. The van der Waals surface area contributed by atoms with Crippen molar-refractivity contribution < 1.29 is 9.53 Å². The number of nitrogens with zero attached hydrogens (tertiary/aromatic N) is 3. The van der Waals surface area contributed by atoms with E-state index in [0.717, 1.165) is 24.4 Å². The van der Waals surface area contributed by atoms with Gasteiger partial charge in [-0.2, -0.15) is 10.2 Å². The van der Waals surface area contributed by atoms with Crippen LogP contribution in [0.15, 0.2) is 52.7 Å². The molecule has 4 rings (SSSR count).